The first kappa shape index (κ1) is 7.22. The largest absolute Gasteiger partial charge is 0.313 e. The standard InChI is InChI=1S/C10H10N2/c11-6-5-8-7-12-10-4-2-1-3-9(8)10/h1,3-4,6-7,11H,2,5H2. The molecule has 0 amide bonds. The molecule has 0 aromatic rings. The normalized spacial score (nSPS) is 19.5. The lowest BCUT2D eigenvalue weighted by Gasteiger charge is -2.03. The first-order valence-corrected chi connectivity index (χ1v) is 4.05. The van der Waals surface area contributed by atoms with Gasteiger partial charge in [0.2, 0.25) is 0 Å². The molecule has 1 aliphatic carbocycles. The maximum absolute atomic E-state index is 7.01. The van der Waals surface area contributed by atoms with Crippen LogP contribution in [0.1, 0.15) is 12.8 Å². The second-order valence-electron chi connectivity index (χ2n) is 2.83. The molecule has 12 heavy (non-hydrogen) atoms. The summed E-state index contributed by atoms with van der Waals surface area (Å²) in [4.78, 5) is 4.27. The summed E-state index contributed by atoms with van der Waals surface area (Å²) < 4.78 is 0. The summed E-state index contributed by atoms with van der Waals surface area (Å²) in [5.41, 5.74) is 3.44. The molecule has 0 spiro atoms. The SMILES string of the molecule is N=CCC1=C2C=CCC=C2N=C1. The molecule has 1 N–H and O–H groups in total. The second kappa shape index (κ2) is 2.89. The molecule has 0 aromatic carbocycles. The molecule has 0 atom stereocenters. The van der Waals surface area contributed by atoms with Crippen molar-refractivity contribution in [1.82, 2.24) is 0 Å². The molecule has 0 unspecified atom stereocenters. The molecule has 60 valence electrons. The molecular formula is C10H10N2. The van der Waals surface area contributed by atoms with Crippen LogP contribution in [0.3, 0.4) is 0 Å². The molecule has 0 aromatic heterocycles. The number of hydrogen-bond donors (Lipinski definition) is 1. The van der Waals surface area contributed by atoms with Gasteiger partial charge in [0, 0.05) is 18.2 Å². The van der Waals surface area contributed by atoms with E-state index in [1.165, 1.54) is 11.8 Å². The van der Waals surface area contributed by atoms with Crippen molar-refractivity contribution in [1.29, 1.82) is 5.41 Å². The van der Waals surface area contributed by atoms with E-state index in [4.69, 9.17) is 5.41 Å². The number of hydrogen-bond acceptors (Lipinski definition) is 2. The van der Waals surface area contributed by atoms with Crippen molar-refractivity contribution in [2.45, 2.75) is 12.8 Å². The van der Waals surface area contributed by atoms with Gasteiger partial charge < -0.3 is 5.41 Å². The van der Waals surface area contributed by atoms with Gasteiger partial charge in [-0.25, -0.2) is 0 Å². The van der Waals surface area contributed by atoms with E-state index in [1.807, 2.05) is 6.21 Å². The van der Waals surface area contributed by atoms with Crippen molar-refractivity contribution in [2.75, 3.05) is 0 Å². The van der Waals surface area contributed by atoms with E-state index in [2.05, 4.69) is 23.2 Å². The van der Waals surface area contributed by atoms with Gasteiger partial charge in [-0.15, -0.1) is 0 Å². The average molecular weight is 158 g/mol. The Hall–Kier alpha value is -1.44. The molecule has 0 radical (unpaired) electrons. The predicted octanol–water partition coefficient (Wildman–Crippen LogP) is 2.25. The number of allylic oxidation sites excluding steroid dienone is 4. The molecule has 0 bridgehead atoms. The van der Waals surface area contributed by atoms with Crippen molar-refractivity contribution in [3.05, 3.63) is 35.1 Å². The molecule has 0 saturated heterocycles. The highest BCUT2D eigenvalue weighted by atomic mass is 14.8. The Labute approximate surface area is 71.5 Å². The van der Waals surface area contributed by atoms with E-state index in [0.717, 1.165) is 17.7 Å². The molecule has 2 heteroatoms. The maximum Gasteiger partial charge on any atom is 0.0668 e. The Morgan fingerprint density at radius 3 is 3.33 bits per heavy atom. The van der Waals surface area contributed by atoms with Crippen molar-refractivity contribution >= 4 is 12.4 Å². The first-order chi connectivity index (χ1) is 5.92. The van der Waals surface area contributed by atoms with Gasteiger partial charge in [-0.2, -0.15) is 0 Å². The molecule has 2 aliphatic rings. The number of nitrogens with one attached hydrogen (secondary N) is 1. The Kier molecular flexibility index (Phi) is 1.74. The fourth-order valence-electron chi connectivity index (χ4n) is 1.44. The highest BCUT2D eigenvalue weighted by molar-refractivity contribution is 5.91. The maximum atomic E-state index is 7.01. The van der Waals surface area contributed by atoms with E-state index in [0.29, 0.717) is 6.42 Å². The van der Waals surface area contributed by atoms with E-state index in [-0.39, 0.29) is 0 Å². The monoisotopic (exact) mass is 158 g/mol. The topological polar surface area (TPSA) is 36.2 Å². The van der Waals surface area contributed by atoms with Crippen LogP contribution < -0.4 is 0 Å². The molecular weight excluding hydrogens is 148 g/mol. The van der Waals surface area contributed by atoms with Crippen LogP contribution in [0.4, 0.5) is 0 Å². The molecule has 2 nitrogen and oxygen atoms in total. The summed E-state index contributed by atoms with van der Waals surface area (Å²) in [6.07, 6.45) is 11.3. The van der Waals surface area contributed by atoms with Crippen LogP contribution in [0, 0.1) is 5.41 Å². The Balaban J connectivity index is 2.37. The lowest BCUT2D eigenvalue weighted by atomic mass is 10.0. The van der Waals surface area contributed by atoms with Gasteiger partial charge in [0.1, 0.15) is 0 Å². The number of fused-ring (bicyclic) bond motifs is 1. The second-order valence-corrected chi connectivity index (χ2v) is 2.83. The van der Waals surface area contributed by atoms with E-state index < -0.39 is 0 Å². The summed E-state index contributed by atoms with van der Waals surface area (Å²) in [7, 11) is 0. The summed E-state index contributed by atoms with van der Waals surface area (Å²) in [5.74, 6) is 0. The smallest absolute Gasteiger partial charge is 0.0668 e. The first-order valence-electron chi connectivity index (χ1n) is 4.05. The van der Waals surface area contributed by atoms with Gasteiger partial charge in [-0.1, -0.05) is 18.2 Å². The Morgan fingerprint density at radius 2 is 2.50 bits per heavy atom. The van der Waals surface area contributed by atoms with Crippen LogP contribution >= 0.6 is 0 Å². The third-order valence-corrected chi connectivity index (χ3v) is 2.04. The lowest BCUT2D eigenvalue weighted by molar-refractivity contribution is 1.23. The zero-order valence-corrected chi connectivity index (χ0v) is 6.75. The minimum atomic E-state index is 0.695. The highest BCUT2D eigenvalue weighted by Gasteiger charge is 2.13. The number of nitrogens with zero attached hydrogens (tertiary/aromatic N) is 1. The predicted molar refractivity (Wildman–Crippen MR) is 50.8 cm³/mol. The Morgan fingerprint density at radius 1 is 1.58 bits per heavy atom. The molecule has 0 saturated carbocycles. The van der Waals surface area contributed by atoms with Gasteiger partial charge in [0.25, 0.3) is 0 Å². The molecule has 1 heterocycles. The van der Waals surface area contributed by atoms with E-state index in [9.17, 15) is 0 Å². The van der Waals surface area contributed by atoms with Gasteiger partial charge in [0.05, 0.1) is 5.70 Å². The minimum absolute atomic E-state index is 0.695. The van der Waals surface area contributed by atoms with Crippen LogP contribution in [0.15, 0.2) is 40.1 Å². The van der Waals surface area contributed by atoms with Crippen molar-refractivity contribution in [3.8, 4) is 0 Å². The molecule has 0 fully saturated rings. The van der Waals surface area contributed by atoms with Crippen molar-refractivity contribution < 1.29 is 0 Å². The van der Waals surface area contributed by atoms with Gasteiger partial charge >= 0.3 is 0 Å². The number of aliphatic imine (C=N–C) groups is 1. The summed E-state index contributed by atoms with van der Waals surface area (Å²) in [6.45, 7) is 0. The lowest BCUT2D eigenvalue weighted by Crippen LogP contribution is -1.89. The summed E-state index contributed by atoms with van der Waals surface area (Å²) >= 11 is 0. The van der Waals surface area contributed by atoms with Gasteiger partial charge in [-0.3, -0.25) is 4.99 Å². The van der Waals surface area contributed by atoms with Gasteiger partial charge in [0.15, 0.2) is 0 Å². The summed E-state index contributed by atoms with van der Waals surface area (Å²) in [6, 6.07) is 0. The fraction of sp³-hybridized carbons (Fsp3) is 0.200. The van der Waals surface area contributed by atoms with Gasteiger partial charge in [-0.05, 0) is 18.2 Å². The highest BCUT2D eigenvalue weighted by Crippen LogP contribution is 2.27. The van der Waals surface area contributed by atoms with Crippen LogP contribution in [0.25, 0.3) is 0 Å². The van der Waals surface area contributed by atoms with E-state index >= 15 is 0 Å². The third kappa shape index (κ3) is 1.05. The zero-order chi connectivity index (χ0) is 8.39. The minimum Gasteiger partial charge on any atom is -0.313 e. The van der Waals surface area contributed by atoms with Crippen LogP contribution in [-0.2, 0) is 0 Å². The summed E-state index contributed by atoms with van der Waals surface area (Å²) in [5, 5.41) is 7.01. The molecule has 1 aliphatic heterocycles. The van der Waals surface area contributed by atoms with Crippen LogP contribution in [0.2, 0.25) is 0 Å². The average Bonchev–Trinajstić information content (AvgIpc) is 2.50. The quantitative estimate of drug-likeness (QED) is 0.598. The van der Waals surface area contributed by atoms with Crippen molar-refractivity contribution in [3.63, 3.8) is 0 Å². The third-order valence-electron chi connectivity index (χ3n) is 2.04. The van der Waals surface area contributed by atoms with E-state index in [1.54, 1.807) is 0 Å². The Bertz CT molecular complexity index is 330. The number of rotatable bonds is 2. The van der Waals surface area contributed by atoms with Crippen LogP contribution in [0.5, 0.6) is 0 Å². The fourth-order valence-corrected chi connectivity index (χ4v) is 1.44. The van der Waals surface area contributed by atoms with Crippen molar-refractivity contribution in [2.24, 2.45) is 4.99 Å². The van der Waals surface area contributed by atoms with Crippen LogP contribution in [-0.4, -0.2) is 12.4 Å². The molecule has 2 rings (SSSR count). The zero-order valence-electron chi connectivity index (χ0n) is 6.75.